The molecule has 0 fully saturated rings. The van der Waals surface area contributed by atoms with E-state index in [-0.39, 0.29) is 6.03 Å². The van der Waals surface area contributed by atoms with Crippen LogP contribution in [0, 0.1) is 13.8 Å². The van der Waals surface area contributed by atoms with Crippen LogP contribution in [0.25, 0.3) is 0 Å². The number of aryl methyl sites for hydroxylation is 2. The van der Waals surface area contributed by atoms with Crippen LogP contribution < -0.4 is 10.6 Å². The molecule has 0 bridgehead atoms. The number of benzene rings is 1. The van der Waals surface area contributed by atoms with Gasteiger partial charge in [-0.15, -0.1) is 0 Å². The van der Waals surface area contributed by atoms with E-state index in [1.807, 2.05) is 13.8 Å². The van der Waals surface area contributed by atoms with Gasteiger partial charge in [-0.1, -0.05) is 27.5 Å². The second-order valence-corrected chi connectivity index (χ2v) is 5.34. The number of nitrogens with zero attached hydrogens (tertiary/aromatic N) is 1. The summed E-state index contributed by atoms with van der Waals surface area (Å²) < 4.78 is 0.852. The molecule has 0 atom stereocenters. The minimum absolute atomic E-state index is 0.364. The molecule has 0 spiro atoms. The molecule has 0 saturated heterocycles. The molecule has 3 N–H and O–H groups in total. The first-order valence-electron chi connectivity index (χ1n) is 5.52. The average Bonchev–Trinajstić information content (AvgIpc) is 2.65. The van der Waals surface area contributed by atoms with E-state index in [4.69, 9.17) is 11.6 Å². The maximum atomic E-state index is 11.9. The number of rotatable bonds is 2. The SMILES string of the molecule is Cc1n[nH]c(C)c1NC(=O)Nc1ccc(Br)cc1Cl. The van der Waals surface area contributed by atoms with E-state index in [0.29, 0.717) is 16.4 Å². The molecule has 0 saturated carbocycles. The zero-order chi connectivity index (χ0) is 14.0. The van der Waals surface area contributed by atoms with Gasteiger partial charge >= 0.3 is 6.03 Å². The molecule has 7 heteroatoms. The number of carbonyl (C=O) groups excluding carboxylic acids is 1. The Hall–Kier alpha value is -1.53. The number of H-pyrrole nitrogens is 1. The highest BCUT2D eigenvalue weighted by Gasteiger charge is 2.11. The summed E-state index contributed by atoms with van der Waals surface area (Å²) in [6, 6.07) is 4.87. The van der Waals surface area contributed by atoms with E-state index in [0.717, 1.165) is 15.9 Å². The number of hydrogen-bond acceptors (Lipinski definition) is 2. The molecular formula is C12H12BrClN4O. The van der Waals surface area contributed by atoms with Crippen LogP contribution in [0.15, 0.2) is 22.7 Å². The van der Waals surface area contributed by atoms with Crippen LogP contribution >= 0.6 is 27.5 Å². The van der Waals surface area contributed by atoms with Crippen molar-refractivity contribution in [1.82, 2.24) is 10.2 Å². The second-order valence-electron chi connectivity index (χ2n) is 4.01. The number of nitrogens with one attached hydrogen (secondary N) is 3. The van der Waals surface area contributed by atoms with Crippen LogP contribution in [0.3, 0.4) is 0 Å². The Morgan fingerprint density at radius 2 is 2.11 bits per heavy atom. The summed E-state index contributed by atoms with van der Waals surface area (Å²) in [5, 5.41) is 12.7. The Bertz CT molecular complexity index is 607. The number of amides is 2. The topological polar surface area (TPSA) is 69.8 Å². The van der Waals surface area contributed by atoms with Crippen molar-refractivity contribution < 1.29 is 4.79 Å². The Morgan fingerprint density at radius 1 is 1.37 bits per heavy atom. The Kier molecular flexibility index (Phi) is 4.11. The summed E-state index contributed by atoms with van der Waals surface area (Å²) in [4.78, 5) is 11.9. The quantitative estimate of drug-likeness (QED) is 0.768. The summed E-state index contributed by atoms with van der Waals surface area (Å²) in [5.41, 5.74) is 2.75. The molecule has 1 heterocycles. The Balaban J connectivity index is 2.10. The fourth-order valence-corrected chi connectivity index (χ4v) is 2.31. The first kappa shape index (κ1) is 13.9. The van der Waals surface area contributed by atoms with Crippen molar-refractivity contribution in [2.75, 3.05) is 10.6 Å². The minimum atomic E-state index is -0.364. The molecule has 2 amide bonds. The zero-order valence-corrected chi connectivity index (χ0v) is 12.7. The maximum Gasteiger partial charge on any atom is 0.323 e. The lowest BCUT2D eigenvalue weighted by molar-refractivity contribution is 0.262. The molecule has 100 valence electrons. The van der Waals surface area contributed by atoms with Gasteiger partial charge in [0.2, 0.25) is 0 Å². The number of carbonyl (C=O) groups is 1. The summed E-state index contributed by atoms with van der Waals surface area (Å²) in [6.07, 6.45) is 0. The molecule has 2 aromatic rings. The number of aromatic amines is 1. The smallest absolute Gasteiger partial charge is 0.306 e. The molecule has 0 radical (unpaired) electrons. The highest BCUT2D eigenvalue weighted by molar-refractivity contribution is 9.10. The molecule has 19 heavy (non-hydrogen) atoms. The van der Waals surface area contributed by atoms with Gasteiger partial charge < -0.3 is 10.6 Å². The molecule has 0 unspecified atom stereocenters. The summed E-state index contributed by atoms with van der Waals surface area (Å²) >= 11 is 9.33. The lowest BCUT2D eigenvalue weighted by Crippen LogP contribution is -2.20. The van der Waals surface area contributed by atoms with Crippen molar-refractivity contribution in [3.8, 4) is 0 Å². The fourth-order valence-electron chi connectivity index (χ4n) is 1.59. The van der Waals surface area contributed by atoms with Crippen molar-refractivity contribution in [3.63, 3.8) is 0 Å². The number of anilines is 2. The van der Waals surface area contributed by atoms with Crippen LogP contribution in [-0.2, 0) is 0 Å². The van der Waals surface area contributed by atoms with Crippen molar-refractivity contribution in [1.29, 1.82) is 0 Å². The predicted octanol–water partition coefficient (Wildman–Crippen LogP) is 4.09. The van der Waals surface area contributed by atoms with Gasteiger partial charge in [-0.2, -0.15) is 5.10 Å². The summed E-state index contributed by atoms with van der Waals surface area (Å²) in [5.74, 6) is 0. The van der Waals surface area contributed by atoms with E-state index >= 15 is 0 Å². The fraction of sp³-hybridized carbons (Fsp3) is 0.167. The van der Waals surface area contributed by atoms with Crippen molar-refractivity contribution in [3.05, 3.63) is 39.1 Å². The highest BCUT2D eigenvalue weighted by Crippen LogP contribution is 2.26. The van der Waals surface area contributed by atoms with E-state index in [1.54, 1.807) is 18.2 Å². The van der Waals surface area contributed by atoms with Crippen molar-refractivity contribution in [2.45, 2.75) is 13.8 Å². The number of halogens is 2. The molecule has 0 aliphatic carbocycles. The summed E-state index contributed by atoms with van der Waals surface area (Å²) in [7, 11) is 0. The molecule has 2 rings (SSSR count). The van der Waals surface area contributed by atoms with Crippen LogP contribution in [0.1, 0.15) is 11.4 Å². The standard InChI is InChI=1S/C12H12BrClN4O/c1-6-11(7(2)18-17-6)16-12(19)15-10-4-3-8(13)5-9(10)14/h3-5H,1-2H3,(H,17,18)(H2,15,16,19). The van der Waals surface area contributed by atoms with E-state index in [9.17, 15) is 4.79 Å². The summed E-state index contributed by atoms with van der Waals surface area (Å²) in [6.45, 7) is 3.65. The Labute approximate surface area is 123 Å². The molecule has 0 aliphatic rings. The van der Waals surface area contributed by atoms with Gasteiger partial charge in [0.1, 0.15) is 0 Å². The van der Waals surface area contributed by atoms with Crippen molar-refractivity contribution >= 4 is 44.9 Å². The first-order chi connectivity index (χ1) is 8.97. The van der Waals surface area contributed by atoms with E-state index in [2.05, 4.69) is 36.8 Å². The van der Waals surface area contributed by atoms with Gasteiger partial charge in [0.25, 0.3) is 0 Å². The largest absolute Gasteiger partial charge is 0.323 e. The van der Waals surface area contributed by atoms with Crippen molar-refractivity contribution in [2.24, 2.45) is 0 Å². The lowest BCUT2D eigenvalue weighted by atomic mass is 10.3. The third-order valence-electron chi connectivity index (χ3n) is 2.55. The monoisotopic (exact) mass is 342 g/mol. The molecule has 0 aliphatic heterocycles. The average molecular weight is 344 g/mol. The molecule has 1 aromatic carbocycles. The normalized spacial score (nSPS) is 10.3. The third-order valence-corrected chi connectivity index (χ3v) is 3.35. The number of aromatic nitrogens is 2. The van der Waals surface area contributed by atoms with Crippen LogP contribution in [0.5, 0.6) is 0 Å². The minimum Gasteiger partial charge on any atom is -0.306 e. The van der Waals surface area contributed by atoms with Gasteiger partial charge in [0.15, 0.2) is 0 Å². The van der Waals surface area contributed by atoms with E-state index in [1.165, 1.54) is 0 Å². The van der Waals surface area contributed by atoms with Gasteiger partial charge in [0.05, 0.1) is 27.8 Å². The van der Waals surface area contributed by atoms with Crippen LogP contribution in [0.2, 0.25) is 5.02 Å². The third kappa shape index (κ3) is 3.27. The molecule has 5 nitrogen and oxygen atoms in total. The lowest BCUT2D eigenvalue weighted by Gasteiger charge is -2.09. The zero-order valence-electron chi connectivity index (χ0n) is 10.3. The maximum absolute atomic E-state index is 11.9. The van der Waals surface area contributed by atoms with Crippen LogP contribution in [0.4, 0.5) is 16.2 Å². The van der Waals surface area contributed by atoms with Gasteiger partial charge in [-0.25, -0.2) is 4.79 Å². The van der Waals surface area contributed by atoms with E-state index < -0.39 is 0 Å². The first-order valence-corrected chi connectivity index (χ1v) is 6.69. The Morgan fingerprint density at radius 3 is 2.68 bits per heavy atom. The van der Waals surface area contributed by atoms with Crippen LogP contribution in [-0.4, -0.2) is 16.2 Å². The second kappa shape index (κ2) is 5.63. The predicted molar refractivity (Wildman–Crippen MR) is 79.9 cm³/mol. The van der Waals surface area contributed by atoms with Gasteiger partial charge in [-0.3, -0.25) is 5.10 Å². The number of hydrogen-bond donors (Lipinski definition) is 3. The molecular weight excluding hydrogens is 332 g/mol. The highest BCUT2D eigenvalue weighted by atomic mass is 79.9. The van der Waals surface area contributed by atoms with Gasteiger partial charge in [-0.05, 0) is 32.0 Å². The molecule has 1 aromatic heterocycles. The van der Waals surface area contributed by atoms with Gasteiger partial charge in [0, 0.05) is 4.47 Å². The number of urea groups is 1.